The number of fused-ring (bicyclic) bond motifs is 1. The van der Waals surface area contributed by atoms with Crippen molar-refractivity contribution in [2.45, 2.75) is 34.2 Å². The number of nitro benzene ring substituents is 1. The fraction of sp³-hybridized carbons (Fsp3) is 0.429. The highest BCUT2D eigenvalue weighted by Gasteiger charge is 2.26. The molecule has 38 heavy (non-hydrogen) atoms. The number of carbonyl (C=O) groups is 1. The summed E-state index contributed by atoms with van der Waals surface area (Å²) in [5.74, 6) is 1.05. The van der Waals surface area contributed by atoms with Gasteiger partial charge in [-0.1, -0.05) is 13.8 Å². The predicted molar refractivity (Wildman–Crippen MR) is 147 cm³/mol. The highest BCUT2D eigenvalue weighted by molar-refractivity contribution is 6.07. The Hall–Kier alpha value is -4.08. The molecule has 1 aromatic heterocycles. The number of ether oxygens (including phenoxy) is 2. The average Bonchev–Trinajstić information content (AvgIpc) is 2.91. The van der Waals surface area contributed by atoms with Crippen LogP contribution in [-0.4, -0.2) is 59.7 Å². The average molecular weight is 523 g/mol. The molecule has 3 aromatic rings. The Morgan fingerprint density at radius 3 is 2.08 bits per heavy atom. The van der Waals surface area contributed by atoms with Gasteiger partial charge in [0.1, 0.15) is 0 Å². The van der Waals surface area contributed by atoms with E-state index in [1.165, 1.54) is 12.1 Å². The van der Waals surface area contributed by atoms with Crippen LogP contribution in [0.1, 0.15) is 38.1 Å². The molecule has 2 heterocycles. The molecule has 202 valence electrons. The van der Waals surface area contributed by atoms with Gasteiger partial charge in [-0.2, -0.15) is 0 Å². The van der Waals surface area contributed by atoms with E-state index in [0.29, 0.717) is 73.8 Å². The fourth-order valence-corrected chi connectivity index (χ4v) is 4.76. The molecule has 0 atom stereocenters. The van der Waals surface area contributed by atoms with E-state index >= 15 is 0 Å². The van der Waals surface area contributed by atoms with Crippen molar-refractivity contribution >= 4 is 28.1 Å². The van der Waals surface area contributed by atoms with Gasteiger partial charge < -0.3 is 23.8 Å². The molecule has 0 N–H and O–H groups in total. The van der Waals surface area contributed by atoms with Crippen LogP contribution in [-0.2, 0) is 6.54 Å². The number of rotatable bonds is 9. The number of pyridine rings is 1. The number of hydrogen-bond donors (Lipinski definition) is 0. The summed E-state index contributed by atoms with van der Waals surface area (Å²) < 4.78 is 13.2. The van der Waals surface area contributed by atoms with Crippen LogP contribution in [0.25, 0.3) is 10.8 Å². The molecular formula is C28H34N4O6. The number of anilines is 1. The standard InChI is InChI=1S/C28H34N4O6/c1-5-37-25-15-22-23(16-26(25)38-6-2)27(33)31(17-19(3)4)18-24(22)28(34)30-13-11-29(12-14-30)20-7-9-21(10-8-20)32(35)36/h7-10,15-16,18-19H,5-6,11-14,17H2,1-4H3. The molecule has 2 aromatic carbocycles. The first-order valence-electron chi connectivity index (χ1n) is 13.0. The van der Waals surface area contributed by atoms with Gasteiger partial charge in [-0.3, -0.25) is 19.7 Å². The van der Waals surface area contributed by atoms with Crippen LogP contribution in [0.5, 0.6) is 11.5 Å². The molecule has 1 saturated heterocycles. The van der Waals surface area contributed by atoms with E-state index < -0.39 is 4.92 Å². The van der Waals surface area contributed by atoms with E-state index in [1.54, 1.807) is 39.9 Å². The molecule has 0 saturated carbocycles. The molecule has 0 unspecified atom stereocenters. The maximum atomic E-state index is 13.9. The quantitative estimate of drug-likeness (QED) is 0.304. The van der Waals surface area contributed by atoms with E-state index in [-0.39, 0.29) is 23.1 Å². The van der Waals surface area contributed by atoms with E-state index in [1.807, 2.05) is 27.7 Å². The van der Waals surface area contributed by atoms with Gasteiger partial charge in [-0.25, -0.2) is 0 Å². The Morgan fingerprint density at radius 1 is 0.974 bits per heavy atom. The number of nitro groups is 1. The Balaban J connectivity index is 1.67. The van der Waals surface area contributed by atoms with Gasteiger partial charge in [0.2, 0.25) is 0 Å². The Bertz CT molecular complexity index is 1370. The second kappa shape index (κ2) is 11.5. The number of piperazine rings is 1. The summed E-state index contributed by atoms with van der Waals surface area (Å²) in [7, 11) is 0. The first-order valence-corrected chi connectivity index (χ1v) is 13.0. The lowest BCUT2D eigenvalue weighted by Gasteiger charge is -2.36. The highest BCUT2D eigenvalue weighted by Crippen LogP contribution is 2.34. The number of aromatic nitrogens is 1. The molecule has 10 heteroatoms. The summed E-state index contributed by atoms with van der Waals surface area (Å²) in [4.78, 5) is 41.7. The lowest BCUT2D eigenvalue weighted by atomic mass is 10.0. The fourth-order valence-electron chi connectivity index (χ4n) is 4.76. The molecule has 0 radical (unpaired) electrons. The lowest BCUT2D eigenvalue weighted by molar-refractivity contribution is -0.384. The largest absolute Gasteiger partial charge is 0.490 e. The molecule has 1 aliphatic rings. The van der Waals surface area contributed by atoms with Crippen LogP contribution in [0.4, 0.5) is 11.4 Å². The van der Waals surface area contributed by atoms with Gasteiger partial charge in [0.05, 0.1) is 29.1 Å². The van der Waals surface area contributed by atoms with Crippen molar-refractivity contribution in [1.29, 1.82) is 0 Å². The number of benzene rings is 2. The normalized spacial score (nSPS) is 13.7. The molecule has 10 nitrogen and oxygen atoms in total. The van der Waals surface area contributed by atoms with Crippen LogP contribution in [0, 0.1) is 16.0 Å². The Morgan fingerprint density at radius 2 is 1.55 bits per heavy atom. The molecule has 0 aliphatic carbocycles. The van der Waals surface area contributed by atoms with Gasteiger partial charge in [-0.05, 0) is 44.0 Å². The first kappa shape index (κ1) is 27.0. The van der Waals surface area contributed by atoms with Gasteiger partial charge in [0, 0.05) is 62.1 Å². The van der Waals surface area contributed by atoms with Crippen molar-refractivity contribution in [3.05, 3.63) is 68.6 Å². The van der Waals surface area contributed by atoms with Crippen molar-refractivity contribution in [2.24, 2.45) is 5.92 Å². The summed E-state index contributed by atoms with van der Waals surface area (Å²) in [5, 5.41) is 11.9. The van der Waals surface area contributed by atoms with Gasteiger partial charge in [0.25, 0.3) is 17.2 Å². The number of amides is 1. The van der Waals surface area contributed by atoms with E-state index in [4.69, 9.17) is 9.47 Å². The number of hydrogen-bond acceptors (Lipinski definition) is 7. The summed E-state index contributed by atoms with van der Waals surface area (Å²) in [6, 6.07) is 9.87. The van der Waals surface area contributed by atoms with Gasteiger partial charge >= 0.3 is 0 Å². The summed E-state index contributed by atoms with van der Waals surface area (Å²) in [6.07, 6.45) is 1.67. The number of non-ortho nitro benzene ring substituents is 1. The second-order valence-corrected chi connectivity index (χ2v) is 9.66. The topological polar surface area (TPSA) is 107 Å². The predicted octanol–water partition coefficient (Wildman–Crippen LogP) is 4.33. The minimum atomic E-state index is -0.419. The van der Waals surface area contributed by atoms with Crippen molar-refractivity contribution in [3.63, 3.8) is 0 Å². The van der Waals surface area contributed by atoms with Crippen LogP contribution >= 0.6 is 0 Å². The third kappa shape index (κ3) is 5.58. The second-order valence-electron chi connectivity index (χ2n) is 9.66. The van der Waals surface area contributed by atoms with Crippen LogP contribution < -0.4 is 19.9 Å². The van der Waals surface area contributed by atoms with Crippen LogP contribution in [0.3, 0.4) is 0 Å². The SMILES string of the molecule is CCOc1cc2c(C(=O)N3CCN(c4ccc([N+](=O)[O-])cc4)CC3)cn(CC(C)C)c(=O)c2cc1OCC. The molecule has 0 bridgehead atoms. The maximum absolute atomic E-state index is 13.9. The zero-order valence-electron chi connectivity index (χ0n) is 22.3. The first-order chi connectivity index (χ1) is 18.2. The Kier molecular flexibility index (Phi) is 8.19. The van der Waals surface area contributed by atoms with E-state index in [2.05, 4.69) is 4.90 Å². The minimum absolute atomic E-state index is 0.0462. The molecule has 0 spiro atoms. The zero-order valence-corrected chi connectivity index (χ0v) is 22.3. The van der Waals surface area contributed by atoms with Gasteiger partial charge in [0.15, 0.2) is 11.5 Å². The molecule has 1 fully saturated rings. The number of carbonyl (C=O) groups excluding carboxylic acids is 1. The Labute approximate surface area is 221 Å². The van der Waals surface area contributed by atoms with Crippen LogP contribution in [0.15, 0.2) is 47.4 Å². The summed E-state index contributed by atoms with van der Waals surface area (Å²) in [6.45, 7) is 11.3. The highest BCUT2D eigenvalue weighted by atomic mass is 16.6. The molecule has 1 amide bonds. The minimum Gasteiger partial charge on any atom is -0.490 e. The molecule has 1 aliphatic heterocycles. The van der Waals surface area contributed by atoms with Crippen molar-refractivity contribution in [1.82, 2.24) is 9.47 Å². The van der Waals surface area contributed by atoms with E-state index in [0.717, 1.165) is 5.69 Å². The van der Waals surface area contributed by atoms with Gasteiger partial charge in [-0.15, -0.1) is 0 Å². The van der Waals surface area contributed by atoms with Crippen molar-refractivity contribution in [2.75, 3.05) is 44.3 Å². The third-order valence-electron chi connectivity index (χ3n) is 6.53. The monoisotopic (exact) mass is 522 g/mol. The third-order valence-corrected chi connectivity index (χ3v) is 6.53. The summed E-state index contributed by atoms with van der Waals surface area (Å²) in [5.41, 5.74) is 1.21. The van der Waals surface area contributed by atoms with Crippen LogP contribution in [0.2, 0.25) is 0 Å². The van der Waals surface area contributed by atoms with Crippen molar-refractivity contribution < 1.29 is 19.2 Å². The molecular weight excluding hydrogens is 488 g/mol. The molecule has 4 rings (SSSR count). The lowest BCUT2D eigenvalue weighted by Crippen LogP contribution is -2.49. The zero-order chi connectivity index (χ0) is 27.4. The maximum Gasteiger partial charge on any atom is 0.269 e. The number of nitrogens with zero attached hydrogens (tertiary/aromatic N) is 4. The van der Waals surface area contributed by atoms with E-state index in [9.17, 15) is 19.7 Å². The van der Waals surface area contributed by atoms with Crippen molar-refractivity contribution in [3.8, 4) is 11.5 Å². The summed E-state index contributed by atoms with van der Waals surface area (Å²) >= 11 is 0. The smallest absolute Gasteiger partial charge is 0.269 e.